The van der Waals surface area contributed by atoms with E-state index in [0.29, 0.717) is 31.2 Å². The first-order valence-corrected chi connectivity index (χ1v) is 16.6. The lowest BCUT2D eigenvalue weighted by Gasteiger charge is -2.36. The van der Waals surface area contributed by atoms with Crippen molar-refractivity contribution in [1.82, 2.24) is 10.2 Å². The molecule has 4 aliphatic heterocycles. The van der Waals surface area contributed by atoms with Gasteiger partial charge >= 0.3 is 5.97 Å². The molecule has 0 radical (unpaired) electrons. The molecule has 2 saturated heterocycles. The van der Waals surface area contributed by atoms with Crippen LogP contribution in [-0.2, 0) is 28.7 Å². The van der Waals surface area contributed by atoms with E-state index in [-0.39, 0.29) is 50.4 Å². The zero-order chi connectivity index (χ0) is 33.1. The molecule has 2 N–H and O–H groups in total. The average molecular weight is 642 g/mol. The lowest BCUT2D eigenvalue weighted by Crippen LogP contribution is -2.56. The lowest BCUT2D eigenvalue weighted by molar-refractivity contribution is -0.159. The van der Waals surface area contributed by atoms with Crippen molar-refractivity contribution in [3.05, 3.63) is 89.5 Å². The number of carbonyl (C=O) groups excluding carboxylic acids is 4. The topological polar surface area (TPSA) is 125 Å². The summed E-state index contributed by atoms with van der Waals surface area (Å²) in [7, 11) is 0. The number of anilines is 1. The fourth-order valence-corrected chi connectivity index (χ4v) is 7.41. The summed E-state index contributed by atoms with van der Waals surface area (Å²) in [5, 5.41) is 12.3. The lowest BCUT2D eigenvalue weighted by atomic mass is 9.74. The van der Waals surface area contributed by atoms with E-state index in [0.717, 1.165) is 16.8 Å². The Kier molecular flexibility index (Phi) is 9.61. The predicted molar refractivity (Wildman–Crippen MR) is 175 cm³/mol. The Labute approximate surface area is 275 Å². The highest BCUT2D eigenvalue weighted by molar-refractivity contribution is 6.05. The standard InChI is InChI=1S/C37H43N3O7/c1-24-15-16-25(2)27(22-24)39-19-9-4-8-14-30(42)38-23-29(26-12-6-3-7-13-26)46-36(45)31-28-17-18-37(47-28)32(31)34(43)40(33(37)35(39)44)20-10-5-11-21-41/h3-4,6-7,9,12-13,15-18,22,28-29,31-33,41H,5,8,10-11,14,19-21,23H2,1-2H3,(H,38,42)/b9-4-/t28-,29-,31+,32+,33-,37+/m1/s1. The molecule has 4 heterocycles. The van der Waals surface area contributed by atoms with E-state index in [2.05, 4.69) is 5.32 Å². The van der Waals surface area contributed by atoms with Crippen LogP contribution < -0.4 is 10.2 Å². The van der Waals surface area contributed by atoms with Gasteiger partial charge in [0.25, 0.3) is 5.91 Å². The number of allylic oxidation sites excluding steroid dienone is 1. The van der Waals surface area contributed by atoms with Gasteiger partial charge in [0.05, 0.1) is 18.6 Å². The van der Waals surface area contributed by atoms with Gasteiger partial charge in [0.1, 0.15) is 23.7 Å². The second kappa shape index (κ2) is 13.8. The van der Waals surface area contributed by atoms with Gasteiger partial charge in [0.2, 0.25) is 11.8 Å². The molecular formula is C37H43N3O7. The summed E-state index contributed by atoms with van der Waals surface area (Å²) in [4.78, 5) is 59.6. The van der Waals surface area contributed by atoms with Gasteiger partial charge in [-0.2, -0.15) is 0 Å². The van der Waals surface area contributed by atoms with Crippen molar-refractivity contribution in [3.63, 3.8) is 0 Å². The number of unbranched alkanes of at least 4 members (excludes halogenated alkanes) is 2. The summed E-state index contributed by atoms with van der Waals surface area (Å²) >= 11 is 0. The molecule has 0 unspecified atom stereocenters. The van der Waals surface area contributed by atoms with Crippen molar-refractivity contribution >= 4 is 29.4 Å². The van der Waals surface area contributed by atoms with Gasteiger partial charge in [0.15, 0.2) is 0 Å². The molecule has 0 aliphatic carbocycles. The number of rotatable bonds is 7. The van der Waals surface area contributed by atoms with Gasteiger partial charge in [-0.1, -0.05) is 66.8 Å². The Morgan fingerprint density at radius 2 is 1.79 bits per heavy atom. The second-order valence-electron chi connectivity index (χ2n) is 12.9. The van der Waals surface area contributed by atoms with Gasteiger partial charge < -0.3 is 29.7 Å². The molecule has 2 aromatic carbocycles. The van der Waals surface area contributed by atoms with E-state index in [4.69, 9.17) is 9.47 Å². The van der Waals surface area contributed by atoms with E-state index in [1.54, 1.807) is 22.0 Å². The number of aliphatic hydroxyl groups is 1. The van der Waals surface area contributed by atoms with Crippen LogP contribution in [0.4, 0.5) is 5.69 Å². The molecule has 6 rings (SSSR count). The molecule has 1 spiro atoms. The number of carbonyl (C=O) groups is 4. The Morgan fingerprint density at radius 1 is 0.979 bits per heavy atom. The van der Waals surface area contributed by atoms with E-state index in [1.807, 2.05) is 74.5 Å². The second-order valence-corrected chi connectivity index (χ2v) is 12.9. The Morgan fingerprint density at radius 3 is 2.57 bits per heavy atom. The largest absolute Gasteiger partial charge is 0.455 e. The number of likely N-dealkylation sites (tertiary alicyclic amines) is 1. The SMILES string of the molecule is Cc1ccc(C)c(N2C/C=C\CCC(=O)NC[C@H](c3ccccc3)OC(=O)[C@@H]3[C@H]4C(=O)N(CCCCCO)[C@H](C2=O)[C@]42C=C[C@H]3O2)c1. The first-order valence-electron chi connectivity index (χ1n) is 16.6. The normalized spacial score (nSPS) is 30.0. The molecule has 3 amide bonds. The molecular weight excluding hydrogens is 598 g/mol. The van der Waals surface area contributed by atoms with Crippen molar-refractivity contribution in [2.75, 3.05) is 31.1 Å². The monoisotopic (exact) mass is 641 g/mol. The van der Waals surface area contributed by atoms with Gasteiger partial charge in [0, 0.05) is 31.8 Å². The van der Waals surface area contributed by atoms with E-state index in [1.165, 1.54) is 0 Å². The number of cyclic esters (lactones) is 1. The van der Waals surface area contributed by atoms with Gasteiger partial charge in [-0.05, 0) is 62.3 Å². The minimum Gasteiger partial charge on any atom is -0.455 e. The predicted octanol–water partition coefficient (Wildman–Crippen LogP) is 3.70. The third-order valence-corrected chi connectivity index (χ3v) is 9.77. The van der Waals surface area contributed by atoms with Gasteiger partial charge in [-0.3, -0.25) is 19.2 Å². The third kappa shape index (κ3) is 6.24. The maximum Gasteiger partial charge on any atom is 0.313 e. The number of benzene rings is 2. The Hall–Kier alpha value is -4.28. The summed E-state index contributed by atoms with van der Waals surface area (Å²) in [6.45, 7) is 4.54. The van der Waals surface area contributed by atoms with Crippen LogP contribution in [0.2, 0.25) is 0 Å². The van der Waals surface area contributed by atoms with Crippen LogP contribution in [0.1, 0.15) is 54.9 Å². The number of amides is 3. The molecule has 248 valence electrons. The number of fused-ring (bicyclic) bond motifs is 2. The Bertz CT molecular complexity index is 1570. The van der Waals surface area contributed by atoms with Crippen LogP contribution in [0, 0.1) is 25.7 Å². The first-order chi connectivity index (χ1) is 22.7. The molecule has 0 saturated carbocycles. The van der Waals surface area contributed by atoms with Gasteiger partial charge in [-0.25, -0.2) is 0 Å². The molecule has 0 aromatic heterocycles. The number of ether oxygens (including phenoxy) is 2. The smallest absolute Gasteiger partial charge is 0.313 e. The van der Waals surface area contributed by atoms with E-state index >= 15 is 0 Å². The summed E-state index contributed by atoms with van der Waals surface area (Å²) in [6, 6.07) is 14.1. The molecule has 6 atom stereocenters. The van der Waals surface area contributed by atoms with Crippen LogP contribution in [0.15, 0.2) is 72.8 Å². The van der Waals surface area contributed by atoms with Crippen LogP contribution in [0.5, 0.6) is 0 Å². The maximum absolute atomic E-state index is 15.0. The summed E-state index contributed by atoms with van der Waals surface area (Å²) in [5.74, 6) is -3.32. The maximum atomic E-state index is 15.0. The van der Waals surface area contributed by atoms with Crippen molar-refractivity contribution in [1.29, 1.82) is 0 Å². The fourth-order valence-electron chi connectivity index (χ4n) is 7.41. The quantitative estimate of drug-likeness (QED) is 0.268. The number of aliphatic hydroxyl groups excluding tert-OH is 1. The minimum atomic E-state index is -1.34. The first kappa shape index (κ1) is 32.7. The number of esters is 1. The zero-order valence-corrected chi connectivity index (χ0v) is 27.0. The molecule has 5 bridgehead atoms. The van der Waals surface area contributed by atoms with Crippen molar-refractivity contribution in [2.24, 2.45) is 11.8 Å². The fraction of sp³-hybridized carbons (Fsp3) is 0.459. The van der Waals surface area contributed by atoms with Crippen LogP contribution in [-0.4, -0.2) is 77.7 Å². The van der Waals surface area contributed by atoms with Crippen LogP contribution >= 0.6 is 0 Å². The number of hydrogen-bond acceptors (Lipinski definition) is 7. The summed E-state index contributed by atoms with van der Waals surface area (Å²) in [6.07, 6.45) is 8.38. The van der Waals surface area contributed by atoms with Crippen molar-refractivity contribution in [3.8, 4) is 0 Å². The van der Waals surface area contributed by atoms with Crippen molar-refractivity contribution < 1.29 is 33.8 Å². The summed E-state index contributed by atoms with van der Waals surface area (Å²) in [5.41, 5.74) is 1.98. The van der Waals surface area contributed by atoms with E-state index in [9.17, 15) is 24.3 Å². The highest BCUT2D eigenvalue weighted by Crippen LogP contribution is 2.56. The highest BCUT2D eigenvalue weighted by atomic mass is 16.6. The molecule has 2 fully saturated rings. The number of hydrogen-bond donors (Lipinski definition) is 2. The van der Waals surface area contributed by atoms with Gasteiger partial charge in [-0.15, -0.1) is 0 Å². The summed E-state index contributed by atoms with van der Waals surface area (Å²) < 4.78 is 12.7. The third-order valence-electron chi connectivity index (χ3n) is 9.77. The number of aryl methyl sites for hydroxylation is 2. The van der Waals surface area contributed by atoms with E-state index < -0.39 is 41.7 Å². The molecule has 10 heteroatoms. The van der Waals surface area contributed by atoms with Crippen molar-refractivity contribution in [2.45, 2.75) is 69.8 Å². The Balaban J connectivity index is 1.43. The van der Waals surface area contributed by atoms with Crippen LogP contribution in [0.3, 0.4) is 0 Å². The molecule has 2 aromatic rings. The molecule has 4 aliphatic rings. The molecule has 47 heavy (non-hydrogen) atoms. The average Bonchev–Trinajstić information content (AvgIpc) is 3.71. The number of nitrogens with one attached hydrogen (secondary N) is 1. The molecule has 10 nitrogen and oxygen atoms in total. The zero-order valence-electron chi connectivity index (χ0n) is 27.0. The number of nitrogens with zero attached hydrogens (tertiary/aromatic N) is 2. The minimum absolute atomic E-state index is 0.0418. The highest BCUT2D eigenvalue weighted by Gasteiger charge is 2.73. The van der Waals surface area contributed by atoms with Crippen LogP contribution in [0.25, 0.3) is 0 Å².